The van der Waals surface area contributed by atoms with Crippen molar-refractivity contribution in [1.82, 2.24) is 20.6 Å². The first-order valence-corrected chi connectivity index (χ1v) is 9.74. The van der Waals surface area contributed by atoms with Crippen molar-refractivity contribution in [3.05, 3.63) is 0 Å². The number of hydrogen-bond acceptors (Lipinski definition) is 7. The van der Waals surface area contributed by atoms with E-state index in [0.29, 0.717) is 17.6 Å². The Hall–Kier alpha value is -2.49. The fourth-order valence-corrected chi connectivity index (χ4v) is 3.32. The monoisotopic (exact) mass is 404 g/mol. The van der Waals surface area contributed by atoms with Gasteiger partial charge in [0.1, 0.15) is 0 Å². The normalized spacial score (nSPS) is 19.8. The van der Waals surface area contributed by atoms with Crippen molar-refractivity contribution in [3.63, 3.8) is 0 Å². The van der Waals surface area contributed by atoms with E-state index in [1.165, 1.54) is 0 Å². The van der Waals surface area contributed by atoms with Crippen molar-refractivity contribution in [2.75, 3.05) is 26.2 Å². The van der Waals surface area contributed by atoms with Crippen LogP contribution in [0, 0.1) is 0 Å². The number of rotatable bonds is 10. The molecule has 0 radical (unpaired) electrons. The van der Waals surface area contributed by atoms with E-state index in [1.807, 2.05) is 0 Å². The Balaban J connectivity index is 1.54. The van der Waals surface area contributed by atoms with Crippen molar-refractivity contribution in [3.8, 4) is 0 Å². The molecule has 0 bridgehead atoms. The highest BCUT2D eigenvalue weighted by Crippen LogP contribution is 2.18. The summed E-state index contributed by atoms with van der Waals surface area (Å²) in [7, 11) is 0. The van der Waals surface area contributed by atoms with Crippen LogP contribution in [0.25, 0.3) is 0 Å². The molecule has 0 aromatic rings. The van der Waals surface area contributed by atoms with Gasteiger partial charge in [-0.15, -0.1) is 5.06 Å². The number of likely N-dealkylation sites (tertiary alicyclic amines) is 1. The Labute approximate surface area is 163 Å². The predicted molar refractivity (Wildman–Crippen MR) is 97.3 cm³/mol. The third kappa shape index (κ3) is 6.59. The molecule has 0 aromatic carbocycles. The van der Waals surface area contributed by atoms with Gasteiger partial charge in [-0.2, -0.15) is 0 Å². The van der Waals surface area contributed by atoms with Crippen molar-refractivity contribution < 1.29 is 28.8 Å². The number of carbonyl (C=O) groups excluding carboxylic acids is 5. The van der Waals surface area contributed by atoms with E-state index in [9.17, 15) is 24.0 Å². The molecule has 2 aliphatic heterocycles. The highest BCUT2D eigenvalue weighted by molar-refractivity contribution is 6.01. The maximum Gasteiger partial charge on any atom is 0.334 e. The summed E-state index contributed by atoms with van der Waals surface area (Å²) in [5, 5.41) is 5.74. The van der Waals surface area contributed by atoms with Gasteiger partial charge in [0.25, 0.3) is 11.8 Å². The molecule has 2 rings (SSSR count). The predicted octanol–water partition coefficient (Wildman–Crippen LogP) is -0.519. The highest BCUT2D eigenvalue weighted by atomic mass is 16.8. The Morgan fingerprint density at radius 2 is 1.68 bits per heavy atom. The lowest BCUT2D eigenvalue weighted by molar-refractivity contribution is -0.197. The second-order valence-corrected chi connectivity index (χ2v) is 6.92. The minimum absolute atomic E-state index is 0.0216. The largest absolute Gasteiger partial charge is 0.355 e. The molecule has 0 aromatic heterocycles. The molecular formula is C18H28N4O6. The summed E-state index contributed by atoms with van der Waals surface area (Å²) in [4.78, 5) is 64.9. The van der Waals surface area contributed by atoms with E-state index in [2.05, 4.69) is 22.5 Å². The molecule has 10 nitrogen and oxygen atoms in total. The van der Waals surface area contributed by atoms with Crippen molar-refractivity contribution in [1.29, 1.82) is 0 Å². The minimum atomic E-state index is -0.770. The van der Waals surface area contributed by atoms with Gasteiger partial charge in [0.2, 0.25) is 11.8 Å². The Kier molecular flexibility index (Phi) is 8.37. The number of hydrogen-bond donors (Lipinski definition) is 2. The van der Waals surface area contributed by atoms with Crippen LogP contribution >= 0.6 is 0 Å². The van der Waals surface area contributed by atoms with Crippen LogP contribution in [0.4, 0.5) is 0 Å². The lowest BCUT2D eigenvalue weighted by atomic mass is 10.4. The van der Waals surface area contributed by atoms with Crippen LogP contribution in [-0.2, 0) is 28.8 Å². The summed E-state index contributed by atoms with van der Waals surface area (Å²) in [6.07, 6.45) is 3.25. The molecule has 0 saturated carbocycles. The molecule has 4 amide bonds. The van der Waals surface area contributed by atoms with Crippen LogP contribution in [0.15, 0.2) is 0 Å². The van der Waals surface area contributed by atoms with Gasteiger partial charge in [-0.25, -0.2) is 4.79 Å². The smallest absolute Gasteiger partial charge is 0.334 e. The van der Waals surface area contributed by atoms with Gasteiger partial charge in [0.05, 0.1) is 13.0 Å². The van der Waals surface area contributed by atoms with Crippen molar-refractivity contribution >= 4 is 29.6 Å². The molecule has 2 saturated heterocycles. The average Bonchev–Trinajstić information content (AvgIpc) is 3.22. The lowest BCUT2D eigenvalue weighted by Crippen LogP contribution is -2.40. The van der Waals surface area contributed by atoms with Gasteiger partial charge in [0.15, 0.2) is 0 Å². The third-order valence-corrected chi connectivity index (χ3v) is 4.84. The maximum absolute atomic E-state index is 12.0. The zero-order valence-corrected chi connectivity index (χ0v) is 16.2. The van der Waals surface area contributed by atoms with Gasteiger partial charge in [-0.05, 0) is 25.8 Å². The molecule has 2 N–H and O–H groups in total. The van der Waals surface area contributed by atoms with Crippen LogP contribution in [0.2, 0.25) is 0 Å². The van der Waals surface area contributed by atoms with E-state index in [1.54, 1.807) is 0 Å². The SMILES string of the molecule is [13CH3][13CH2][13CH]1CCCN1[13CH2]C(=O)NCCC(=O)[15NH][13CH2][13CH2][13C](=O)ON1C(=O)CCC1=O. The van der Waals surface area contributed by atoms with Crippen LogP contribution in [0.3, 0.4) is 0 Å². The molecule has 156 valence electrons. The summed E-state index contributed by atoms with van der Waals surface area (Å²) >= 11 is 0. The van der Waals surface area contributed by atoms with E-state index in [0.717, 1.165) is 25.8 Å². The number of amides is 4. The Morgan fingerprint density at radius 1 is 1.04 bits per heavy atom. The van der Waals surface area contributed by atoms with Crippen molar-refractivity contribution in [2.45, 2.75) is 57.9 Å². The zero-order chi connectivity index (χ0) is 20.5. The zero-order valence-electron chi connectivity index (χ0n) is 16.2. The quantitative estimate of drug-likeness (QED) is 0.285. The Morgan fingerprint density at radius 3 is 2.36 bits per heavy atom. The second kappa shape index (κ2) is 10.7. The molecular weight excluding hydrogens is 376 g/mol. The van der Waals surface area contributed by atoms with Gasteiger partial charge < -0.3 is 15.5 Å². The first-order valence-electron chi connectivity index (χ1n) is 9.74. The average molecular weight is 404 g/mol. The van der Waals surface area contributed by atoms with Gasteiger partial charge in [0, 0.05) is 38.4 Å². The fraction of sp³-hybridized carbons (Fsp3) is 0.722. The highest BCUT2D eigenvalue weighted by Gasteiger charge is 2.32. The molecule has 2 fully saturated rings. The van der Waals surface area contributed by atoms with Crippen LogP contribution in [-0.4, -0.2) is 71.8 Å². The molecule has 1 unspecified atom stereocenters. The minimum Gasteiger partial charge on any atom is -0.355 e. The molecule has 2 heterocycles. The summed E-state index contributed by atoms with van der Waals surface area (Å²) in [6.45, 7) is 3.63. The van der Waals surface area contributed by atoms with Gasteiger partial charge >= 0.3 is 5.97 Å². The van der Waals surface area contributed by atoms with E-state index >= 15 is 0 Å². The first-order chi connectivity index (χ1) is 13.4. The molecule has 2 aliphatic rings. The van der Waals surface area contributed by atoms with Crippen molar-refractivity contribution in [2.24, 2.45) is 0 Å². The van der Waals surface area contributed by atoms with E-state index in [4.69, 9.17) is 4.84 Å². The molecule has 0 aliphatic carbocycles. The summed E-state index contributed by atoms with van der Waals surface area (Å²) in [6, 6.07) is 0.458. The number of nitrogens with one attached hydrogen (secondary N) is 2. The topological polar surface area (TPSA) is 125 Å². The standard InChI is InChI=1S/C18H28N4O6/c1-2-13-4-3-11-21(13)12-15(24)20-9-7-14(23)19-10-8-18(27)28-22-16(25)5-6-17(22)26/h13H,2-12H2,1H3,(H,19,23)(H,20,24)/i1+1,2+1,8+1,10+1,12+1,13+1,18+1,19+1. The van der Waals surface area contributed by atoms with Crippen LogP contribution in [0.5, 0.6) is 0 Å². The van der Waals surface area contributed by atoms with E-state index < -0.39 is 17.8 Å². The first kappa shape index (κ1) is 21.8. The number of carbonyl (C=O) groups is 5. The van der Waals surface area contributed by atoms with Crippen LogP contribution in [0.1, 0.15) is 51.9 Å². The maximum atomic E-state index is 12.0. The Bertz CT molecular complexity index is 607. The lowest BCUT2D eigenvalue weighted by Gasteiger charge is -2.22. The molecule has 0 spiro atoms. The molecule has 1 atom stereocenters. The third-order valence-electron chi connectivity index (χ3n) is 4.84. The summed E-state index contributed by atoms with van der Waals surface area (Å²) < 4.78 is 0. The number of imide groups is 1. The molecule has 28 heavy (non-hydrogen) atoms. The number of nitrogens with zero attached hydrogens (tertiary/aromatic N) is 2. The molecule has 10 heteroatoms. The van der Waals surface area contributed by atoms with Gasteiger partial charge in [-0.1, -0.05) is 6.92 Å². The van der Waals surface area contributed by atoms with Gasteiger partial charge in [-0.3, -0.25) is 24.1 Å². The number of hydroxylamine groups is 2. The van der Waals surface area contributed by atoms with Crippen LogP contribution < -0.4 is 10.6 Å². The second-order valence-electron chi connectivity index (χ2n) is 6.92. The fourth-order valence-electron chi connectivity index (χ4n) is 3.32. The van der Waals surface area contributed by atoms with E-state index in [-0.39, 0.29) is 50.6 Å². The summed E-state index contributed by atoms with van der Waals surface area (Å²) in [5.74, 6) is -2.27. The summed E-state index contributed by atoms with van der Waals surface area (Å²) in [5.41, 5.74) is 0.